The molecule has 0 aromatic rings. The Bertz CT molecular complexity index is 492. The molecule has 0 unspecified atom stereocenters. The van der Waals surface area contributed by atoms with E-state index in [0.717, 1.165) is 13.8 Å². The third kappa shape index (κ3) is 4.31. The molecule has 1 fully saturated rings. The first-order valence-electron chi connectivity index (χ1n) is 6.13. The van der Waals surface area contributed by atoms with Gasteiger partial charge >= 0.3 is 7.82 Å². The molecule has 0 spiro atoms. The topological polar surface area (TPSA) is 183 Å². The van der Waals surface area contributed by atoms with Crippen LogP contribution in [0.15, 0.2) is 0 Å². The van der Waals surface area contributed by atoms with Crippen molar-refractivity contribution in [1.82, 2.24) is 5.32 Å². The van der Waals surface area contributed by atoms with Crippen molar-refractivity contribution in [3.05, 3.63) is 0 Å². The standard InChI is InChI=1S/C10H18NO10P/c1-4(12)10(16)9(11-5(2)13)8(15)7(14)6(21-10)3-20-22(17,18)19/h6-9,14-16H,3H2,1-2H3,(H,11,13)(H2,17,18,19)/t6-,7-,8+,9-,10+/m1/s1. The molecule has 22 heavy (non-hydrogen) atoms. The van der Waals surface area contributed by atoms with Crippen molar-refractivity contribution in [2.75, 3.05) is 6.61 Å². The lowest BCUT2D eigenvalue weighted by Gasteiger charge is -2.46. The summed E-state index contributed by atoms with van der Waals surface area (Å²) >= 11 is 0. The number of carbonyl (C=O) groups is 2. The summed E-state index contributed by atoms with van der Waals surface area (Å²) in [6.07, 6.45) is -5.22. The third-order valence-electron chi connectivity index (χ3n) is 3.10. The Morgan fingerprint density at radius 1 is 1.27 bits per heavy atom. The lowest BCUT2D eigenvalue weighted by Crippen LogP contribution is -2.72. The highest BCUT2D eigenvalue weighted by Crippen LogP contribution is 2.38. The average molecular weight is 343 g/mol. The van der Waals surface area contributed by atoms with Gasteiger partial charge in [-0.1, -0.05) is 0 Å². The number of hydrogen-bond donors (Lipinski definition) is 6. The van der Waals surface area contributed by atoms with Crippen molar-refractivity contribution in [1.29, 1.82) is 0 Å². The molecule has 0 aliphatic carbocycles. The number of ketones is 1. The maximum absolute atomic E-state index is 11.6. The van der Waals surface area contributed by atoms with Crippen LogP contribution in [0.1, 0.15) is 13.8 Å². The van der Waals surface area contributed by atoms with Crippen molar-refractivity contribution in [3.8, 4) is 0 Å². The molecule has 1 saturated heterocycles. The number of phosphoric acid groups is 1. The number of aliphatic hydroxyl groups is 3. The summed E-state index contributed by atoms with van der Waals surface area (Å²) in [5, 5.41) is 32.1. The van der Waals surface area contributed by atoms with Crippen LogP contribution in [-0.4, -0.2) is 73.5 Å². The van der Waals surface area contributed by atoms with Gasteiger partial charge in [-0.25, -0.2) is 4.57 Å². The second kappa shape index (κ2) is 6.69. The number of nitrogens with one attached hydrogen (secondary N) is 1. The summed E-state index contributed by atoms with van der Waals surface area (Å²) in [5.41, 5.74) is 0. The first kappa shape index (κ1) is 19.1. The van der Waals surface area contributed by atoms with Crippen LogP contribution in [0.5, 0.6) is 0 Å². The van der Waals surface area contributed by atoms with Gasteiger partial charge in [-0.05, 0) is 0 Å². The van der Waals surface area contributed by atoms with E-state index in [2.05, 4.69) is 9.84 Å². The van der Waals surface area contributed by atoms with Crippen LogP contribution in [0.3, 0.4) is 0 Å². The number of Topliss-reactive ketones (excluding diaryl/α,β-unsaturated/α-hetero) is 1. The van der Waals surface area contributed by atoms with Crippen LogP contribution < -0.4 is 5.32 Å². The fourth-order valence-electron chi connectivity index (χ4n) is 2.03. The average Bonchev–Trinajstić information content (AvgIpc) is 2.36. The second-order valence-corrected chi connectivity index (χ2v) is 6.09. The largest absolute Gasteiger partial charge is 0.469 e. The van der Waals surface area contributed by atoms with Gasteiger partial charge in [0.05, 0.1) is 6.61 Å². The Balaban J connectivity index is 3.03. The summed E-state index contributed by atoms with van der Waals surface area (Å²) in [6.45, 7) is 1.08. The molecule has 5 atom stereocenters. The van der Waals surface area contributed by atoms with Crippen LogP contribution in [-0.2, 0) is 23.4 Å². The van der Waals surface area contributed by atoms with E-state index in [9.17, 15) is 29.5 Å². The van der Waals surface area contributed by atoms with Crippen molar-refractivity contribution in [2.24, 2.45) is 0 Å². The van der Waals surface area contributed by atoms with Gasteiger partial charge in [0.25, 0.3) is 0 Å². The summed E-state index contributed by atoms with van der Waals surface area (Å²) in [6, 6.07) is -1.66. The minimum atomic E-state index is -4.89. The Hall–Kier alpha value is -0.910. The van der Waals surface area contributed by atoms with Gasteiger partial charge in [-0.2, -0.15) is 0 Å². The Morgan fingerprint density at radius 3 is 2.23 bits per heavy atom. The highest BCUT2D eigenvalue weighted by atomic mass is 31.2. The maximum Gasteiger partial charge on any atom is 0.469 e. The monoisotopic (exact) mass is 343 g/mol. The SMILES string of the molecule is CC(=O)N[C@@H]1[C@@H](O)[C@H](O)[C@@H](COP(=O)(O)O)O[C@@]1(O)C(C)=O. The number of rotatable bonds is 5. The summed E-state index contributed by atoms with van der Waals surface area (Å²) in [7, 11) is -4.89. The molecule has 0 aromatic heterocycles. The van der Waals surface area contributed by atoms with Gasteiger partial charge in [0.2, 0.25) is 11.7 Å². The first-order valence-corrected chi connectivity index (χ1v) is 7.66. The van der Waals surface area contributed by atoms with E-state index >= 15 is 0 Å². The highest BCUT2D eigenvalue weighted by molar-refractivity contribution is 7.46. The van der Waals surface area contributed by atoms with Gasteiger partial charge < -0.3 is 35.2 Å². The molecule has 0 bridgehead atoms. The van der Waals surface area contributed by atoms with E-state index in [1.165, 1.54) is 0 Å². The Labute approximate surface area is 125 Å². The third-order valence-corrected chi connectivity index (χ3v) is 3.58. The van der Waals surface area contributed by atoms with E-state index in [0.29, 0.717) is 0 Å². The molecular formula is C10H18NO10P. The summed E-state index contributed by atoms with van der Waals surface area (Å²) < 4.78 is 19.7. The molecule has 0 radical (unpaired) electrons. The second-order valence-electron chi connectivity index (χ2n) is 4.85. The fourth-order valence-corrected chi connectivity index (χ4v) is 2.37. The fraction of sp³-hybridized carbons (Fsp3) is 0.800. The minimum Gasteiger partial charge on any atom is -0.388 e. The van der Waals surface area contributed by atoms with Gasteiger partial charge in [0.15, 0.2) is 5.78 Å². The molecule has 1 rings (SSSR count). The number of hydrogen-bond acceptors (Lipinski definition) is 8. The maximum atomic E-state index is 11.6. The van der Waals surface area contributed by atoms with Crippen LogP contribution in [0.4, 0.5) is 0 Å². The lowest BCUT2D eigenvalue weighted by atomic mass is 9.88. The summed E-state index contributed by atoms with van der Waals surface area (Å²) in [4.78, 5) is 39.9. The molecule has 6 N–H and O–H groups in total. The normalized spacial score (nSPS) is 36.0. The smallest absolute Gasteiger partial charge is 0.388 e. The molecule has 128 valence electrons. The van der Waals surface area contributed by atoms with Crippen molar-refractivity contribution in [2.45, 2.75) is 44.0 Å². The lowest BCUT2D eigenvalue weighted by molar-refractivity contribution is -0.300. The molecule has 0 saturated carbocycles. The Kier molecular flexibility index (Phi) is 5.82. The quantitative estimate of drug-likeness (QED) is 0.281. The van der Waals surface area contributed by atoms with Crippen molar-refractivity contribution < 1.29 is 48.5 Å². The molecule has 0 aromatic carbocycles. The van der Waals surface area contributed by atoms with E-state index in [1.807, 2.05) is 0 Å². The zero-order chi connectivity index (χ0) is 17.3. The van der Waals surface area contributed by atoms with E-state index in [1.54, 1.807) is 0 Å². The molecule has 1 amide bonds. The number of amides is 1. The molecule has 1 aliphatic heterocycles. The van der Waals surface area contributed by atoms with E-state index < -0.39 is 56.3 Å². The van der Waals surface area contributed by atoms with Crippen LogP contribution in [0.25, 0.3) is 0 Å². The van der Waals surface area contributed by atoms with Crippen molar-refractivity contribution >= 4 is 19.5 Å². The van der Waals surface area contributed by atoms with E-state index in [4.69, 9.17) is 14.5 Å². The van der Waals surface area contributed by atoms with Gasteiger partial charge in [0.1, 0.15) is 24.4 Å². The minimum absolute atomic E-state index is 0.704. The van der Waals surface area contributed by atoms with Gasteiger partial charge in [-0.3, -0.25) is 14.1 Å². The van der Waals surface area contributed by atoms with Crippen molar-refractivity contribution in [3.63, 3.8) is 0 Å². The summed E-state index contributed by atoms with van der Waals surface area (Å²) in [5.74, 6) is -4.38. The van der Waals surface area contributed by atoms with Gasteiger partial charge in [0, 0.05) is 13.8 Å². The number of aliphatic hydroxyl groups excluding tert-OH is 2. The van der Waals surface area contributed by atoms with E-state index in [-0.39, 0.29) is 0 Å². The predicted molar refractivity (Wildman–Crippen MR) is 68.1 cm³/mol. The molecule has 1 aliphatic rings. The van der Waals surface area contributed by atoms with Gasteiger partial charge in [-0.15, -0.1) is 0 Å². The predicted octanol–water partition coefficient (Wildman–Crippen LogP) is -3.00. The van der Waals surface area contributed by atoms with Crippen LogP contribution in [0.2, 0.25) is 0 Å². The highest BCUT2D eigenvalue weighted by Gasteiger charge is 2.56. The van der Waals surface area contributed by atoms with Crippen LogP contribution in [0, 0.1) is 0 Å². The molecule has 1 heterocycles. The number of carbonyl (C=O) groups excluding carboxylic acids is 2. The Morgan fingerprint density at radius 2 is 1.82 bits per heavy atom. The van der Waals surface area contributed by atoms with Crippen LogP contribution >= 0.6 is 7.82 Å². The first-order chi connectivity index (χ1) is 9.88. The zero-order valence-electron chi connectivity index (χ0n) is 11.7. The number of ether oxygens (including phenoxy) is 1. The molecule has 11 nitrogen and oxygen atoms in total. The number of phosphoric ester groups is 1. The molecular weight excluding hydrogens is 325 g/mol. The zero-order valence-corrected chi connectivity index (χ0v) is 12.6. The molecule has 12 heteroatoms.